The van der Waals surface area contributed by atoms with Crippen LogP contribution in [0.25, 0.3) is 0 Å². The molecular formula is C14H26N2O. The molecule has 0 aromatic heterocycles. The summed E-state index contributed by atoms with van der Waals surface area (Å²) >= 11 is 0. The Morgan fingerprint density at radius 3 is 2.53 bits per heavy atom. The Bertz CT molecular complexity index is 259. The summed E-state index contributed by atoms with van der Waals surface area (Å²) in [6.07, 6.45) is 8.18. The van der Waals surface area contributed by atoms with Crippen molar-refractivity contribution in [3.8, 4) is 0 Å². The molecule has 2 atom stereocenters. The van der Waals surface area contributed by atoms with E-state index in [1.807, 2.05) is 0 Å². The number of amides is 1. The second-order valence-corrected chi connectivity index (χ2v) is 6.00. The lowest BCUT2D eigenvalue weighted by atomic mass is 9.86. The first-order valence-corrected chi connectivity index (χ1v) is 7.21. The van der Waals surface area contributed by atoms with Crippen LogP contribution in [0.15, 0.2) is 0 Å². The Balaban J connectivity index is 1.80. The van der Waals surface area contributed by atoms with E-state index in [9.17, 15) is 4.79 Å². The molecule has 0 spiro atoms. The van der Waals surface area contributed by atoms with E-state index in [1.54, 1.807) is 0 Å². The molecule has 17 heavy (non-hydrogen) atoms. The Morgan fingerprint density at radius 1 is 1.18 bits per heavy atom. The van der Waals surface area contributed by atoms with Crippen LogP contribution in [0.2, 0.25) is 0 Å². The SMILES string of the molecule is CC1CCC(NC(=O)C2CCCC2CN)CC1. The van der Waals surface area contributed by atoms with E-state index < -0.39 is 0 Å². The van der Waals surface area contributed by atoms with Crippen molar-refractivity contribution in [3.63, 3.8) is 0 Å². The first-order valence-electron chi connectivity index (χ1n) is 7.21. The van der Waals surface area contributed by atoms with Crippen LogP contribution < -0.4 is 11.1 Å². The molecule has 0 saturated heterocycles. The third-order valence-corrected chi connectivity index (χ3v) is 4.66. The lowest BCUT2D eigenvalue weighted by Gasteiger charge is -2.28. The highest BCUT2D eigenvalue weighted by atomic mass is 16.2. The molecule has 2 unspecified atom stereocenters. The molecule has 0 aromatic rings. The average molecular weight is 238 g/mol. The van der Waals surface area contributed by atoms with Gasteiger partial charge in [0.25, 0.3) is 0 Å². The van der Waals surface area contributed by atoms with Crippen LogP contribution in [0.1, 0.15) is 51.9 Å². The first-order chi connectivity index (χ1) is 8.20. The van der Waals surface area contributed by atoms with E-state index >= 15 is 0 Å². The van der Waals surface area contributed by atoms with Gasteiger partial charge in [0.05, 0.1) is 0 Å². The van der Waals surface area contributed by atoms with Crippen LogP contribution in [0.3, 0.4) is 0 Å². The summed E-state index contributed by atoms with van der Waals surface area (Å²) < 4.78 is 0. The van der Waals surface area contributed by atoms with Crippen molar-refractivity contribution < 1.29 is 4.79 Å². The van der Waals surface area contributed by atoms with Crippen LogP contribution >= 0.6 is 0 Å². The van der Waals surface area contributed by atoms with Gasteiger partial charge in [-0.05, 0) is 56.9 Å². The largest absolute Gasteiger partial charge is 0.353 e. The van der Waals surface area contributed by atoms with Gasteiger partial charge < -0.3 is 11.1 Å². The van der Waals surface area contributed by atoms with Gasteiger partial charge in [-0.15, -0.1) is 0 Å². The minimum Gasteiger partial charge on any atom is -0.353 e. The van der Waals surface area contributed by atoms with Gasteiger partial charge in [-0.3, -0.25) is 4.79 Å². The highest BCUT2D eigenvalue weighted by Gasteiger charge is 2.33. The minimum absolute atomic E-state index is 0.194. The van der Waals surface area contributed by atoms with E-state index in [1.165, 1.54) is 19.3 Å². The van der Waals surface area contributed by atoms with E-state index in [4.69, 9.17) is 5.73 Å². The number of rotatable bonds is 3. The van der Waals surface area contributed by atoms with E-state index in [-0.39, 0.29) is 11.8 Å². The van der Waals surface area contributed by atoms with Crippen molar-refractivity contribution in [3.05, 3.63) is 0 Å². The summed E-state index contributed by atoms with van der Waals surface area (Å²) in [5.41, 5.74) is 5.73. The fourth-order valence-electron chi connectivity index (χ4n) is 3.38. The second-order valence-electron chi connectivity index (χ2n) is 6.00. The molecular weight excluding hydrogens is 212 g/mol. The maximum Gasteiger partial charge on any atom is 0.223 e. The normalized spacial score (nSPS) is 38.0. The summed E-state index contributed by atoms with van der Waals surface area (Å²) in [7, 11) is 0. The molecule has 3 N–H and O–H groups in total. The topological polar surface area (TPSA) is 55.1 Å². The van der Waals surface area contributed by atoms with Crippen molar-refractivity contribution in [2.75, 3.05) is 6.54 Å². The van der Waals surface area contributed by atoms with Crippen molar-refractivity contribution in [2.45, 2.75) is 57.9 Å². The Labute approximate surface area is 105 Å². The fourth-order valence-corrected chi connectivity index (χ4v) is 3.38. The number of nitrogens with one attached hydrogen (secondary N) is 1. The van der Waals surface area contributed by atoms with Gasteiger partial charge >= 0.3 is 0 Å². The zero-order chi connectivity index (χ0) is 12.3. The molecule has 2 aliphatic carbocycles. The zero-order valence-electron chi connectivity index (χ0n) is 11.0. The zero-order valence-corrected chi connectivity index (χ0v) is 11.0. The van der Waals surface area contributed by atoms with Gasteiger partial charge in [-0.1, -0.05) is 13.3 Å². The standard InChI is InChI=1S/C14H26N2O/c1-10-5-7-12(8-6-10)16-14(17)13-4-2-3-11(13)9-15/h10-13H,2-9,15H2,1H3,(H,16,17). The molecule has 0 radical (unpaired) electrons. The molecule has 2 fully saturated rings. The second kappa shape index (κ2) is 5.85. The van der Waals surface area contributed by atoms with Gasteiger partial charge in [-0.25, -0.2) is 0 Å². The molecule has 2 saturated carbocycles. The molecule has 1 amide bonds. The van der Waals surface area contributed by atoms with Gasteiger partial charge in [0.1, 0.15) is 0 Å². The lowest BCUT2D eigenvalue weighted by Crippen LogP contribution is -2.42. The van der Waals surface area contributed by atoms with E-state index in [2.05, 4.69) is 12.2 Å². The smallest absolute Gasteiger partial charge is 0.223 e. The van der Waals surface area contributed by atoms with Crippen LogP contribution in [0, 0.1) is 17.8 Å². The molecule has 0 heterocycles. The first kappa shape index (κ1) is 12.9. The number of carbonyl (C=O) groups excluding carboxylic acids is 1. The predicted molar refractivity (Wildman–Crippen MR) is 69.4 cm³/mol. The Kier molecular flexibility index (Phi) is 4.43. The number of hydrogen-bond acceptors (Lipinski definition) is 2. The molecule has 3 nitrogen and oxygen atoms in total. The summed E-state index contributed by atoms with van der Waals surface area (Å²) in [5, 5.41) is 3.25. The van der Waals surface area contributed by atoms with Crippen molar-refractivity contribution >= 4 is 5.91 Å². The molecule has 98 valence electrons. The summed E-state index contributed by atoms with van der Waals surface area (Å²) in [6, 6.07) is 0.428. The lowest BCUT2D eigenvalue weighted by molar-refractivity contribution is -0.127. The molecule has 2 aliphatic rings. The number of nitrogens with two attached hydrogens (primary N) is 1. The Morgan fingerprint density at radius 2 is 1.88 bits per heavy atom. The van der Waals surface area contributed by atoms with Gasteiger partial charge in [0.2, 0.25) is 5.91 Å². The molecule has 0 bridgehead atoms. The fraction of sp³-hybridized carbons (Fsp3) is 0.929. The summed E-state index contributed by atoms with van der Waals surface area (Å²) in [4.78, 5) is 12.2. The van der Waals surface area contributed by atoms with Crippen molar-refractivity contribution in [2.24, 2.45) is 23.5 Å². The maximum atomic E-state index is 12.2. The van der Waals surface area contributed by atoms with E-state index in [0.29, 0.717) is 18.5 Å². The predicted octanol–water partition coefficient (Wildman–Crippen LogP) is 2.06. The molecule has 3 heteroatoms. The Hall–Kier alpha value is -0.570. The highest BCUT2D eigenvalue weighted by molar-refractivity contribution is 5.79. The van der Waals surface area contributed by atoms with Crippen LogP contribution in [0.4, 0.5) is 0 Å². The highest BCUT2D eigenvalue weighted by Crippen LogP contribution is 2.31. The van der Waals surface area contributed by atoms with Crippen LogP contribution in [-0.2, 0) is 4.79 Å². The van der Waals surface area contributed by atoms with Gasteiger partial charge in [-0.2, -0.15) is 0 Å². The van der Waals surface area contributed by atoms with Crippen molar-refractivity contribution in [1.29, 1.82) is 0 Å². The van der Waals surface area contributed by atoms with Crippen LogP contribution in [-0.4, -0.2) is 18.5 Å². The molecule has 0 aliphatic heterocycles. The van der Waals surface area contributed by atoms with E-state index in [0.717, 1.165) is 31.6 Å². The molecule has 2 rings (SSSR count). The third kappa shape index (κ3) is 3.21. The molecule has 0 aromatic carbocycles. The minimum atomic E-state index is 0.194. The average Bonchev–Trinajstić information content (AvgIpc) is 2.80. The summed E-state index contributed by atoms with van der Waals surface area (Å²) in [6.45, 7) is 2.97. The van der Waals surface area contributed by atoms with Gasteiger partial charge in [0.15, 0.2) is 0 Å². The maximum absolute atomic E-state index is 12.2. The number of carbonyl (C=O) groups is 1. The van der Waals surface area contributed by atoms with Crippen LogP contribution in [0.5, 0.6) is 0 Å². The monoisotopic (exact) mass is 238 g/mol. The van der Waals surface area contributed by atoms with Gasteiger partial charge in [0, 0.05) is 12.0 Å². The number of hydrogen-bond donors (Lipinski definition) is 2. The summed E-state index contributed by atoms with van der Waals surface area (Å²) in [5.74, 6) is 1.74. The van der Waals surface area contributed by atoms with Crippen molar-refractivity contribution in [1.82, 2.24) is 5.32 Å². The quantitative estimate of drug-likeness (QED) is 0.790. The third-order valence-electron chi connectivity index (χ3n) is 4.66.